The molecule has 236 valence electrons. The number of rotatable bonds is 9. The van der Waals surface area contributed by atoms with Crippen molar-refractivity contribution in [2.24, 2.45) is 0 Å². The number of urea groups is 1. The van der Waals surface area contributed by atoms with Crippen molar-refractivity contribution >= 4 is 27.4 Å². The molecule has 5 rings (SSSR count). The molecule has 3 aromatic carbocycles. The highest BCUT2D eigenvalue weighted by Gasteiger charge is 2.33. The van der Waals surface area contributed by atoms with Crippen LogP contribution in [0.4, 0.5) is 29.3 Å². The second kappa shape index (κ2) is 13.7. The standard InChI is InChI=1S/C32H33F3N6O3S/c1-40-15-17-41(18-16-40)22-24-6-2-3-7-28(24)29-13-8-25(32(33,34)35)19-30(29)45(43,44)39-27-11-9-26(10-12-27)38-31(42)37-21-23-5-4-14-36-20-23/h2-14,19-20,39H,15-18,21-22H2,1H3,(H2,37,38,42). The third kappa shape index (κ3) is 8.38. The number of amides is 2. The summed E-state index contributed by atoms with van der Waals surface area (Å²) in [7, 11) is -2.44. The fourth-order valence-corrected chi connectivity index (χ4v) is 6.31. The van der Waals surface area contributed by atoms with Crippen molar-refractivity contribution in [3.05, 3.63) is 108 Å². The molecule has 2 heterocycles. The SMILES string of the molecule is CN1CCN(Cc2ccccc2-c2ccc(C(F)(F)F)cc2S(=O)(=O)Nc2ccc(NC(=O)NCc3cccnc3)cc2)CC1. The number of benzene rings is 3. The van der Waals surface area contributed by atoms with Gasteiger partial charge in [0, 0.05) is 68.6 Å². The molecule has 3 N–H and O–H groups in total. The fourth-order valence-electron chi connectivity index (χ4n) is 5.00. The van der Waals surface area contributed by atoms with Crippen LogP contribution in [0.25, 0.3) is 11.1 Å². The van der Waals surface area contributed by atoms with E-state index in [4.69, 9.17) is 0 Å². The molecule has 2 amide bonds. The lowest BCUT2D eigenvalue weighted by Crippen LogP contribution is -2.43. The molecule has 0 saturated carbocycles. The van der Waals surface area contributed by atoms with Crippen LogP contribution in [0.5, 0.6) is 0 Å². The Balaban J connectivity index is 1.37. The van der Waals surface area contributed by atoms with Gasteiger partial charge in [-0.15, -0.1) is 0 Å². The minimum atomic E-state index is -4.74. The van der Waals surface area contributed by atoms with E-state index < -0.39 is 32.7 Å². The first-order valence-electron chi connectivity index (χ1n) is 14.2. The van der Waals surface area contributed by atoms with Gasteiger partial charge in [0.2, 0.25) is 0 Å². The van der Waals surface area contributed by atoms with Crippen LogP contribution in [-0.2, 0) is 29.3 Å². The summed E-state index contributed by atoms with van der Waals surface area (Å²) in [4.78, 5) is 20.2. The molecular weight excluding hydrogens is 605 g/mol. The van der Waals surface area contributed by atoms with Crippen molar-refractivity contribution in [2.45, 2.75) is 24.2 Å². The molecular formula is C32H33F3N6O3S. The van der Waals surface area contributed by atoms with Crippen LogP contribution in [0.15, 0.2) is 96.2 Å². The van der Waals surface area contributed by atoms with Gasteiger partial charge in [0.05, 0.1) is 10.5 Å². The second-order valence-corrected chi connectivity index (χ2v) is 12.4. The number of carbonyl (C=O) groups excluding carboxylic acids is 1. The van der Waals surface area contributed by atoms with Gasteiger partial charge in [-0.2, -0.15) is 13.2 Å². The van der Waals surface area contributed by atoms with Crippen LogP contribution in [-0.4, -0.2) is 62.5 Å². The number of nitrogens with zero attached hydrogens (tertiary/aromatic N) is 3. The fraction of sp³-hybridized carbons (Fsp3) is 0.250. The molecule has 0 radical (unpaired) electrons. The smallest absolute Gasteiger partial charge is 0.334 e. The van der Waals surface area contributed by atoms with Gasteiger partial charge in [-0.25, -0.2) is 13.2 Å². The Morgan fingerprint density at radius 2 is 1.60 bits per heavy atom. The zero-order valence-corrected chi connectivity index (χ0v) is 25.3. The van der Waals surface area contributed by atoms with E-state index in [0.717, 1.165) is 43.4 Å². The number of halogens is 3. The summed E-state index contributed by atoms with van der Waals surface area (Å²) in [5.41, 5.74) is 1.78. The summed E-state index contributed by atoms with van der Waals surface area (Å²) in [5, 5.41) is 5.35. The zero-order chi connectivity index (χ0) is 32.0. The number of carbonyl (C=O) groups is 1. The molecule has 1 aliphatic heterocycles. The maximum atomic E-state index is 13.8. The van der Waals surface area contributed by atoms with Crippen molar-refractivity contribution < 1.29 is 26.4 Å². The summed E-state index contributed by atoms with van der Waals surface area (Å²) in [5.74, 6) is 0. The lowest BCUT2D eigenvalue weighted by Gasteiger charge is -2.32. The summed E-state index contributed by atoms with van der Waals surface area (Å²) >= 11 is 0. The predicted molar refractivity (Wildman–Crippen MR) is 167 cm³/mol. The highest BCUT2D eigenvalue weighted by molar-refractivity contribution is 7.92. The van der Waals surface area contributed by atoms with Gasteiger partial charge in [-0.1, -0.05) is 36.4 Å². The molecule has 1 aliphatic rings. The molecule has 13 heteroatoms. The molecule has 0 spiro atoms. The van der Waals surface area contributed by atoms with Crippen LogP contribution >= 0.6 is 0 Å². The summed E-state index contributed by atoms with van der Waals surface area (Å²) < 4.78 is 71.1. The van der Waals surface area contributed by atoms with Crippen molar-refractivity contribution in [2.75, 3.05) is 43.3 Å². The van der Waals surface area contributed by atoms with Crippen molar-refractivity contribution in [3.8, 4) is 11.1 Å². The Labute approximate surface area is 260 Å². The minimum Gasteiger partial charge on any atom is -0.334 e. The Morgan fingerprint density at radius 3 is 2.29 bits per heavy atom. The third-order valence-corrected chi connectivity index (χ3v) is 8.89. The first kappa shape index (κ1) is 31.9. The Kier molecular flexibility index (Phi) is 9.71. The molecule has 9 nitrogen and oxygen atoms in total. The quantitative estimate of drug-likeness (QED) is 0.219. The number of hydrogen-bond acceptors (Lipinski definition) is 6. The topological polar surface area (TPSA) is 107 Å². The largest absolute Gasteiger partial charge is 0.416 e. The Bertz CT molecular complexity index is 1730. The first-order valence-corrected chi connectivity index (χ1v) is 15.7. The van der Waals surface area contributed by atoms with Crippen LogP contribution < -0.4 is 15.4 Å². The molecule has 1 fully saturated rings. The minimum absolute atomic E-state index is 0.116. The van der Waals surface area contributed by atoms with Gasteiger partial charge >= 0.3 is 12.2 Å². The van der Waals surface area contributed by atoms with Crippen LogP contribution in [0.3, 0.4) is 0 Å². The number of sulfonamides is 1. The monoisotopic (exact) mass is 638 g/mol. The number of hydrogen-bond donors (Lipinski definition) is 3. The van der Waals surface area contributed by atoms with Gasteiger partial charge in [0.1, 0.15) is 0 Å². The molecule has 1 saturated heterocycles. The molecule has 0 atom stereocenters. The molecule has 45 heavy (non-hydrogen) atoms. The number of anilines is 2. The second-order valence-electron chi connectivity index (χ2n) is 10.8. The lowest BCUT2D eigenvalue weighted by molar-refractivity contribution is -0.137. The van der Waals surface area contributed by atoms with E-state index in [0.29, 0.717) is 23.9 Å². The van der Waals surface area contributed by atoms with E-state index in [9.17, 15) is 26.4 Å². The maximum Gasteiger partial charge on any atom is 0.416 e. The van der Waals surface area contributed by atoms with Gasteiger partial charge in [0.25, 0.3) is 10.0 Å². The molecule has 0 unspecified atom stereocenters. The maximum absolute atomic E-state index is 13.8. The molecule has 0 bridgehead atoms. The van der Waals surface area contributed by atoms with Crippen molar-refractivity contribution in [1.82, 2.24) is 20.1 Å². The summed E-state index contributed by atoms with van der Waals surface area (Å²) in [6.07, 6.45) is -1.49. The third-order valence-electron chi connectivity index (χ3n) is 7.47. The summed E-state index contributed by atoms with van der Waals surface area (Å²) in [6, 6.07) is 18.9. The normalized spacial score (nSPS) is 14.6. The van der Waals surface area contributed by atoms with E-state index in [1.54, 1.807) is 30.6 Å². The highest BCUT2D eigenvalue weighted by Crippen LogP contribution is 2.37. The molecule has 1 aromatic heterocycles. The average molecular weight is 639 g/mol. The number of nitrogens with one attached hydrogen (secondary N) is 3. The van der Waals surface area contributed by atoms with Crippen LogP contribution in [0.1, 0.15) is 16.7 Å². The van der Waals surface area contributed by atoms with Crippen LogP contribution in [0, 0.1) is 0 Å². The first-order chi connectivity index (χ1) is 21.5. The van der Waals surface area contributed by atoms with Crippen molar-refractivity contribution in [3.63, 3.8) is 0 Å². The van der Waals surface area contributed by atoms with Gasteiger partial charge in [-0.05, 0) is 66.2 Å². The van der Waals surface area contributed by atoms with Crippen molar-refractivity contribution in [1.29, 1.82) is 0 Å². The van der Waals surface area contributed by atoms with E-state index in [-0.39, 0.29) is 17.8 Å². The van der Waals surface area contributed by atoms with Gasteiger partial charge < -0.3 is 15.5 Å². The zero-order valence-electron chi connectivity index (χ0n) is 24.5. The summed E-state index contributed by atoms with van der Waals surface area (Å²) in [6.45, 7) is 4.20. The van der Waals surface area contributed by atoms with E-state index in [1.807, 2.05) is 25.2 Å². The van der Waals surface area contributed by atoms with E-state index in [2.05, 4.69) is 30.1 Å². The Morgan fingerprint density at radius 1 is 0.889 bits per heavy atom. The molecule has 4 aromatic rings. The number of aromatic nitrogens is 1. The number of likely N-dealkylation sites (N-methyl/N-ethyl adjacent to an activating group) is 1. The highest BCUT2D eigenvalue weighted by atomic mass is 32.2. The average Bonchev–Trinajstić information content (AvgIpc) is 3.02. The number of alkyl halides is 3. The predicted octanol–water partition coefficient (Wildman–Crippen LogP) is 5.64. The van der Waals surface area contributed by atoms with E-state index in [1.165, 1.54) is 30.3 Å². The Hall–Kier alpha value is -4.46. The number of piperazine rings is 1. The number of pyridine rings is 1. The van der Waals surface area contributed by atoms with Gasteiger partial charge in [-0.3, -0.25) is 14.6 Å². The van der Waals surface area contributed by atoms with E-state index >= 15 is 0 Å². The van der Waals surface area contributed by atoms with Crippen LogP contribution in [0.2, 0.25) is 0 Å². The lowest BCUT2D eigenvalue weighted by atomic mass is 9.98. The van der Waals surface area contributed by atoms with Gasteiger partial charge in [0.15, 0.2) is 0 Å². The molecule has 0 aliphatic carbocycles.